The van der Waals surface area contributed by atoms with Crippen LogP contribution in [-0.4, -0.2) is 21.6 Å². The van der Waals surface area contributed by atoms with E-state index >= 15 is 0 Å². The van der Waals surface area contributed by atoms with Crippen molar-refractivity contribution in [1.82, 2.24) is 15.0 Å². The zero-order chi connectivity index (χ0) is 13.1. The second-order valence-electron chi connectivity index (χ2n) is 4.24. The van der Waals surface area contributed by atoms with Gasteiger partial charge in [-0.25, -0.2) is 9.97 Å². The molecular formula is C13H20N4O. The molecule has 2 aromatic rings. The Labute approximate surface area is 107 Å². The van der Waals surface area contributed by atoms with Crippen molar-refractivity contribution >= 4 is 16.9 Å². The Balaban J connectivity index is 2.55. The summed E-state index contributed by atoms with van der Waals surface area (Å²) in [4.78, 5) is 12.3. The normalized spacial score (nSPS) is 11.1. The van der Waals surface area contributed by atoms with Crippen molar-refractivity contribution in [2.75, 3.05) is 12.3 Å². The fourth-order valence-electron chi connectivity index (χ4n) is 1.97. The topological polar surface area (TPSA) is 76.8 Å². The first-order valence-electron chi connectivity index (χ1n) is 6.50. The number of ether oxygens (including phenoxy) is 1. The highest BCUT2D eigenvalue weighted by Crippen LogP contribution is 2.28. The van der Waals surface area contributed by atoms with Crippen LogP contribution in [0, 0.1) is 0 Å². The van der Waals surface area contributed by atoms with Crippen molar-refractivity contribution in [2.24, 2.45) is 0 Å². The predicted octanol–water partition coefficient (Wildman–Crippen LogP) is 2.45. The lowest BCUT2D eigenvalue weighted by molar-refractivity contribution is 0.310. The fraction of sp³-hybridized carbons (Fsp3) is 0.538. The van der Waals surface area contributed by atoms with Crippen molar-refractivity contribution in [2.45, 2.75) is 40.0 Å². The molecule has 18 heavy (non-hydrogen) atoms. The Morgan fingerprint density at radius 3 is 2.22 bits per heavy atom. The van der Waals surface area contributed by atoms with E-state index in [1.165, 1.54) is 0 Å². The summed E-state index contributed by atoms with van der Waals surface area (Å²) in [6.07, 6.45) is 2.67. The Morgan fingerprint density at radius 2 is 1.67 bits per heavy atom. The van der Waals surface area contributed by atoms with Crippen LogP contribution in [0.25, 0.3) is 11.0 Å². The number of anilines is 1. The third-order valence-electron chi connectivity index (χ3n) is 2.89. The van der Waals surface area contributed by atoms with Crippen LogP contribution in [0.1, 0.15) is 38.6 Å². The molecule has 0 bridgehead atoms. The van der Waals surface area contributed by atoms with Gasteiger partial charge in [-0.15, -0.1) is 0 Å². The molecule has 98 valence electrons. The molecule has 0 unspecified atom stereocenters. The average Bonchev–Trinajstić information content (AvgIpc) is 2.71. The van der Waals surface area contributed by atoms with E-state index < -0.39 is 0 Å². The minimum Gasteiger partial charge on any atom is -0.477 e. The number of hydrogen-bond donors (Lipinski definition) is 2. The largest absolute Gasteiger partial charge is 0.477 e. The van der Waals surface area contributed by atoms with Gasteiger partial charge in [0.25, 0.3) is 0 Å². The molecule has 2 aromatic heterocycles. The van der Waals surface area contributed by atoms with Gasteiger partial charge in [-0.1, -0.05) is 20.8 Å². The first-order valence-corrected chi connectivity index (χ1v) is 6.50. The average molecular weight is 248 g/mol. The fourth-order valence-corrected chi connectivity index (χ4v) is 1.97. The monoisotopic (exact) mass is 248 g/mol. The zero-order valence-corrected chi connectivity index (χ0v) is 11.2. The maximum Gasteiger partial charge on any atom is 0.221 e. The van der Waals surface area contributed by atoms with Gasteiger partial charge in [0, 0.05) is 0 Å². The Hall–Kier alpha value is -1.78. The van der Waals surface area contributed by atoms with Gasteiger partial charge in [0.05, 0.1) is 18.0 Å². The number of nitrogen functional groups attached to an aromatic ring is 1. The van der Waals surface area contributed by atoms with Crippen molar-refractivity contribution in [3.8, 4) is 5.88 Å². The van der Waals surface area contributed by atoms with Gasteiger partial charge in [0.15, 0.2) is 5.52 Å². The maximum atomic E-state index is 5.93. The first kappa shape index (κ1) is 12.7. The summed E-state index contributed by atoms with van der Waals surface area (Å²) in [5, 5.41) is 0. The van der Waals surface area contributed by atoms with Crippen molar-refractivity contribution in [3.05, 3.63) is 11.4 Å². The summed E-state index contributed by atoms with van der Waals surface area (Å²) in [5.74, 6) is 1.16. The number of fused-ring (bicyclic) bond motifs is 1. The van der Waals surface area contributed by atoms with Crippen molar-refractivity contribution in [1.29, 1.82) is 0 Å². The number of hydrogen-bond acceptors (Lipinski definition) is 4. The second-order valence-corrected chi connectivity index (χ2v) is 4.24. The van der Waals surface area contributed by atoms with Crippen LogP contribution >= 0.6 is 0 Å². The van der Waals surface area contributed by atoms with E-state index in [4.69, 9.17) is 10.5 Å². The number of nitrogens with one attached hydrogen (secondary N) is 1. The van der Waals surface area contributed by atoms with E-state index in [0.717, 1.165) is 41.7 Å². The molecule has 2 rings (SSSR count). The van der Waals surface area contributed by atoms with Gasteiger partial charge >= 0.3 is 0 Å². The number of aromatic amines is 1. The molecule has 0 aromatic carbocycles. The van der Waals surface area contributed by atoms with Crippen LogP contribution in [0.3, 0.4) is 0 Å². The molecule has 0 aliphatic carbocycles. The molecule has 0 spiro atoms. The third-order valence-corrected chi connectivity index (χ3v) is 2.89. The van der Waals surface area contributed by atoms with Crippen molar-refractivity contribution in [3.63, 3.8) is 0 Å². The van der Waals surface area contributed by atoms with E-state index in [1.807, 2.05) is 0 Å². The molecule has 0 atom stereocenters. The number of nitrogens with zero attached hydrogens (tertiary/aromatic N) is 2. The molecule has 5 heteroatoms. The van der Waals surface area contributed by atoms with E-state index in [1.54, 1.807) is 0 Å². The highest BCUT2D eigenvalue weighted by atomic mass is 16.5. The Bertz CT molecular complexity index is 547. The van der Waals surface area contributed by atoms with Crippen LogP contribution < -0.4 is 10.5 Å². The molecule has 0 saturated carbocycles. The highest BCUT2D eigenvalue weighted by Gasteiger charge is 2.15. The lowest BCUT2D eigenvalue weighted by Crippen LogP contribution is -2.01. The van der Waals surface area contributed by atoms with Gasteiger partial charge in [0.1, 0.15) is 11.3 Å². The number of rotatable bonds is 5. The standard InChI is InChI=1S/C13H20N4O/c1-4-7-18-13-11-10(12(14)17-13)15-8(5-2)9(6-3)16-11/h17H,4-7,14H2,1-3H3. The lowest BCUT2D eigenvalue weighted by atomic mass is 10.2. The summed E-state index contributed by atoms with van der Waals surface area (Å²) >= 11 is 0. The second kappa shape index (κ2) is 5.25. The van der Waals surface area contributed by atoms with Crippen LogP contribution in [0.2, 0.25) is 0 Å². The number of nitrogens with two attached hydrogens (primary N) is 1. The molecule has 0 radical (unpaired) electrons. The predicted molar refractivity (Wildman–Crippen MR) is 72.8 cm³/mol. The summed E-state index contributed by atoms with van der Waals surface area (Å²) in [7, 11) is 0. The minimum atomic E-state index is 0.529. The molecule has 0 fully saturated rings. The van der Waals surface area contributed by atoms with E-state index in [-0.39, 0.29) is 0 Å². The number of aromatic nitrogens is 3. The molecule has 0 aliphatic rings. The van der Waals surface area contributed by atoms with Gasteiger partial charge in [-0.3, -0.25) is 0 Å². The molecule has 0 amide bonds. The molecule has 3 N–H and O–H groups in total. The van der Waals surface area contributed by atoms with Crippen LogP contribution in [-0.2, 0) is 12.8 Å². The van der Waals surface area contributed by atoms with E-state index in [0.29, 0.717) is 18.3 Å². The van der Waals surface area contributed by atoms with E-state index in [9.17, 15) is 0 Å². The van der Waals surface area contributed by atoms with Gasteiger partial charge < -0.3 is 15.5 Å². The summed E-state index contributed by atoms with van der Waals surface area (Å²) in [6, 6.07) is 0. The zero-order valence-electron chi connectivity index (χ0n) is 11.2. The molecule has 0 saturated heterocycles. The molecular weight excluding hydrogens is 228 g/mol. The smallest absolute Gasteiger partial charge is 0.221 e. The summed E-state index contributed by atoms with van der Waals surface area (Å²) in [5.41, 5.74) is 9.42. The Kier molecular flexibility index (Phi) is 3.69. The van der Waals surface area contributed by atoms with Gasteiger partial charge in [0.2, 0.25) is 5.88 Å². The van der Waals surface area contributed by atoms with Gasteiger partial charge in [-0.05, 0) is 19.3 Å². The summed E-state index contributed by atoms with van der Waals surface area (Å²) < 4.78 is 5.62. The highest BCUT2D eigenvalue weighted by molar-refractivity contribution is 5.90. The van der Waals surface area contributed by atoms with Crippen molar-refractivity contribution < 1.29 is 4.74 Å². The first-order chi connectivity index (χ1) is 8.71. The molecule has 0 aliphatic heterocycles. The molecule has 2 heterocycles. The quantitative estimate of drug-likeness (QED) is 0.852. The molecule has 5 nitrogen and oxygen atoms in total. The Morgan fingerprint density at radius 1 is 1.06 bits per heavy atom. The number of aryl methyl sites for hydroxylation is 2. The van der Waals surface area contributed by atoms with Crippen LogP contribution in [0.4, 0.5) is 5.82 Å². The third kappa shape index (κ3) is 2.12. The summed E-state index contributed by atoms with van der Waals surface area (Å²) in [6.45, 7) is 6.87. The minimum absolute atomic E-state index is 0.529. The van der Waals surface area contributed by atoms with Gasteiger partial charge in [-0.2, -0.15) is 0 Å². The van der Waals surface area contributed by atoms with E-state index in [2.05, 4.69) is 35.7 Å². The lowest BCUT2D eigenvalue weighted by Gasteiger charge is -2.05. The maximum absolute atomic E-state index is 5.93. The SMILES string of the molecule is CCCOc1[nH]c(N)c2nc(CC)c(CC)nc12. The van der Waals surface area contributed by atoms with Crippen LogP contribution in [0.5, 0.6) is 5.88 Å². The number of H-pyrrole nitrogens is 1. The van der Waals surface area contributed by atoms with Crippen LogP contribution in [0.15, 0.2) is 0 Å².